The summed E-state index contributed by atoms with van der Waals surface area (Å²) in [5.41, 5.74) is 4.41. The molecule has 0 aliphatic carbocycles. The van der Waals surface area contributed by atoms with Crippen LogP contribution in [0.2, 0.25) is 0 Å². The summed E-state index contributed by atoms with van der Waals surface area (Å²) in [7, 11) is 3.27. The molecule has 0 saturated carbocycles. The van der Waals surface area contributed by atoms with Gasteiger partial charge in [-0.2, -0.15) is 0 Å². The third-order valence-electron chi connectivity index (χ3n) is 3.08. The molecule has 1 aromatic heterocycles. The van der Waals surface area contributed by atoms with Crippen molar-refractivity contribution in [1.29, 1.82) is 0 Å². The van der Waals surface area contributed by atoms with Gasteiger partial charge in [0.2, 0.25) is 0 Å². The number of aryl methyl sites for hydroxylation is 1. The Morgan fingerprint density at radius 1 is 0.850 bits per heavy atom. The Labute approximate surface area is 129 Å². The molecule has 100 valence electrons. The number of hydrogen-bond acceptors (Lipinski definition) is 3. The standard InChI is InChI=1S/C16H11FS3/c1-10-2-4-12(5-3-10)15-14(16(18)20-19-15)11-6-8-13(17)9-7-11/h2-9H,1H3. The zero-order valence-corrected chi connectivity index (χ0v) is 13.2. The van der Waals surface area contributed by atoms with Crippen molar-refractivity contribution in [3.8, 4) is 21.6 Å². The third-order valence-corrected chi connectivity index (χ3v) is 6.14. The second kappa shape index (κ2) is 5.56. The molecule has 0 aliphatic rings. The highest BCUT2D eigenvalue weighted by molar-refractivity contribution is 7.80. The van der Waals surface area contributed by atoms with Gasteiger partial charge >= 0.3 is 0 Å². The van der Waals surface area contributed by atoms with Crippen molar-refractivity contribution in [3.63, 3.8) is 0 Å². The Hall–Kier alpha value is -1.36. The van der Waals surface area contributed by atoms with Crippen LogP contribution in [0, 0.1) is 16.6 Å². The van der Waals surface area contributed by atoms with Gasteiger partial charge in [-0.05, 0) is 30.2 Å². The van der Waals surface area contributed by atoms with E-state index in [1.54, 1.807) is 32.8 Å². The molecule has 0 saturated heterocycles. The molecule has 0 atom stereocenters. The first-order valence-electron chi connectivity index (χ1n) is 6.11. The maximum atomic E-state index is 13.1. The van der Waals surface area contributed by atoms with Gasteiger partial charge in [0.25, 0.3) is 0 Å². The summed E-state index contributed by atoms with van der Waals surface area (Å²) in [6.45, 7) is 2.07. The second-order valence-corrected chi connectivity index (χ2v) is 7.35. The van der Waals surface area contributed by atoms with Crippen molar-refractivity contribution >= 4 is 32.9 Å². The highest BCUT2D eigenvalue weighted by Gasteiger charge is 2.12. The van der Waals surface area contributed by atoms with Gasteiger partial charge in [0.05, 0.1) is 4.88 Å². The Morgan fingerprint density at radius 3 is 2.10 bits per heavy atom. The van der Waals surface area contributed by atoms with Crippen molar-refractivity contribution in [1.82, 2.24) is 0 Å². The highest BCUT2D eigenvalue weighted by atomic mass is 32.9. The molecule has 0 radical (unpaired) electrons. The number of benzene rings is 2. The smallest absolute Gasteiger partial charge is 0.123 e. The zero-order valence-electron chi connectivity index (χ0n) is 10.7. The van der Waals surface area contributed by atoms with E-state index in [2.05, 4.69) is 31.2 Å². The lowest BCUT2D eigenvalue weighted by molar-refractivity contribution is 0.628. The maximum Gasteiger partial charge on any atom is 0.123 e. The summed E-state index contributed by atoms with van der Waals surface area (Å²) in [5.74, 6) is -0.226. The summed E-state index contributed by atoms with van der Waals surface area (Å²) in [6, 6.07) is 14.9. The van der Waals surface area contributed by atoms with Crippen LogP contribution in [0.4, 0.5) is 4.39 Å². The largest absolute Gasteiger partial charge is 0.207 e. The van der Waals surface area contributed by atoms with Gasteiger partial charge in [-0.3, -0.25) is 0 Å². The molecule has 0 amide bonds. The molecule has 4 heteroatoms. The molecule has 0 fully saturated rings. The molecule has 1 heterocycles. The Morgan fingerprint density at radius 2 is 1.45 bits per heavy atom. The second-order valence-electron chi connectivity index (χ2n) is 4.53. The quantitative estimate of drug-likeness (QED) is 0.393. The molecule has 0 unspecified atom stereocenters. The van der Waals surface area contributed by atoms with Crippen LogP contribution in [0.25, 0.3) is 21.6 Å². The first kappa shape index (κ1) is 13.6. The molecule has 0 spiro atoms. The van der Waals surface area contributed by atoms with Crippen molar-refractivity contribution in [3.05, 3.63) is 63.7 Å². The number of halogens is 1. The van der Waals surface area contributed by atoms with E-state index < -0.39 is 0 Å². The molecule has 0 bridgehead atoms. The Bertz CT molecular complexity index is 780. The van der Waals surface area contributed by atoms with E-state index in [0.717, 1.165) is 25.4 Å². The number of hydrogen-bond donors (Lipinski definition) is 0. The fourth-order valence-corrected chi connectivity index (χ4v) is 4.94. The monoisotopic (exact) mass is 318 g/mol. The maximum absolute atomic E-state index is 13.1. The normalized spacial score (nSPS) is 10.7. The summed E-state index contributed by atoms with van der Waals surface area (Å²) >= 11 is 5.45. The van der Waals surface area contributed by atoms with Gasteiger partial charge in [-0.15, -0.1) is 0 Å². The van der Waals surface area contributed by atoms with Crippen LogP contribution in [-0.4, -0.2) is 0 Å². The molecule has 0 nitrogen and oxygen atoms in total. The lowest BCUT2D eigenvalue weighted by Crippen LogP contribution is -1.81. The molecule has 2 aromatic carbocycles. The van der Waals surface area contributed by atoms with Gasteiger partial charge in [0, 0.05) is 5.56 Å². The van der Waals surface area contributed by atoms with Crippen LogP contribution in [0.3, 0.4) is 0 Å². The van der Waals surface area contributed by atoms with Crippen LogP contribution >= 0.6 is 32.9 Å². The average molecular weight is 318 g/mol. The van der Waals surface area contributed by atoms with Crippen molar-refractivity contribution in [2.45, 2.75) is 6.92 Å². The molecule has 3 aromatic rings. The third kappa shape index (κ3) is 2.59. The van der Waals surface area contributed by atoms with Gasteiger partial charge < -0.3 is 0 Å². The van der Waals surface area contributed by atoms with Crippen LogP contribution in [-0.2, 0) is 0 Å². The molecular formula is C16H11FS3. The van der Waals surface area contributed by atoms with Gasteiger partial charge in [0.1, 0.15) is 9.64 Å². The van der Waals surface area contributed by atoms with E-state index in [0.29, 0.717) is 0 Å². The van der Waals surface area contributed by atoms with Crippen LogP contribution in [0.5, 0.6) is 0 Å². The van der Waals surface area contributed by atoms with Gasteiger partial charge in [-0.1, -0.05) is 74.9 Å². The first-order chi connectivity index (χ1) is 9.65. The molecule has 20 heavy (non-hydrogen) atoms. The topological polar surface area (TPSA) is 0 Å². The minimum Gasteiger partial charge on any atom is -0.207 e. The van der Waals surface area contributed by atoms with Gasteiger partial charge in [0.15, 0.2) is 0 Å². The predicted molar refractivity (Wildman–Crippen MR) is 88.6 cm³/mol. The van der Waals surface area contributed by atoms with E-state index in [1.165, 1.54) is 17.7 Å². The molecule has 0 N–H and O–H groups in total. The van der Waals surface area contributed by atoms with Crippen LogP contribution in [0.15, 0.2) is 48.5 Å². The fraction of sp³-hybridized carbons (Fsp3) is 0.0625. The van der Waals surface area contributed by atoms with Crippen molar-refractivity contribution in [2.75, 3.05) is 0 Å². The van der Waals surface area contributed by atoms with Crippen molar-refractivity contribution < 1.29 is 4.39 Å². The van der Waals surface area contributed by atoms with E-state index in [9.17, 15) is 4.39 Å². The highest BCUT2D eigenvalue weighted by Crippen LogP contribution is 2.41. The molecular weight excluding hydrogens is 307 g/mol. The Kier molecular flexibility index (Phi) is 3.78. The fourth-order valence-electron chi connectivity index (χ4n) is 2.02. The average Bonchev–Trinajstić information content (AvgIpc) is 2.83. The predicted octanol–water partition coefficient (Wildman–Crippen LogP) is 6.32. The lowest BCUT2D eigenvalue weighted by atomic mass is 10.0. The SMILES string of the molecule is Cc1ccc(-c2ssc(=S)c2-c2ccc(F)cc2)cc1. The minimum absolute atomic E-state index is 0.226. The van der Waals surface area contributed by atoms with E-state index in [4.69, 9.17) is 12.2 Å². The van der Waals surface area contributed by atoms with E-state index >= 15 is 0 Å². The first-order valence-corrected chi connectivity index (χ1v) is 8.67. The minimum atomic E-state index is -0.226. The van der Waals surface area contributed by atoms with Crippen molar-refractivity contribution in [2.24, 2.45) is 0 Å². The molecule has 0 aliphatic heterocycles. The Balaban J connectivity index is 2.17. The molecule has 3 rings (SSSR count). The summed E-state index contributed by atoms with van der Waals surface area (Å²) in [5, 5.41) is 0. The van der Waals surface area contributed by atoms with Crippen LogP contribution < -0.4 is 0 Å². The summed E-state index contributed by atoms with van der Waals surface area (Å²) in [6.07, 6.45) is 0. The van der Waals surface area contributed by atoms with Crippen LogP contribution in [0.1, 0.15) is 5.56 Å². The summed E-state index contributed by atoms with van der Waals surface area (Å²) < 4.78 is 13.9. The zero-order chi connectivity index (χ0) is 14.1. The number of rotatable bonds is 2. The van der Waals surface area contributed by atoms with E-state index in [-0.39, 0.29) is 5.82 Å². The summed E-state index contributed by atoms with van der Waals surface area (Å²) in [4.78, 5) is 1.16. The van der Waals surface area contributed by atoms with E-state index in [1.807, 2.05) is 0 Å². The lowest BCUT2D eigenvalue weighted by Gasteiger charge is -2.04. The van der Waals surface area contributed by atoms with Gasteiger partial charge in [-0.25, -0.2) is 4.39 Å².